The van der Waals surface area contributed by atoms with Crippen LogP contribution in [0.5, 0.6) is 0 Å². The molecule has 0 bridgehead atoms. The molecule has 0 aliphatic rings. The van der Waals surface area contributed by atoms with Crippen LogP contribution in [0.2, 0.25) is 0 Å². The molecular formula is C10H17ClN2O3S. The van der Waals surface area contributed by atoms with Gasteiger partial charge in [0.05, 0.1) is 6.61 Å². The van der Waals surface area contributed by atoms with E-state index in [9.17, 15) is 8.42 Å². The lowest BCUT2D eigenvalue weighted by molar-refractivity contribution is 0.138. The number of nitrogens with zero attached hydrogens (tertiary/aromatic N) is 2. The van der Waals surface area contributed by atoms with Crippen molar-refractivity contribution in [1.29, 1.82) is 0 Å². The zero-order valence-corrected chi connectivity index (χ0v) is 11.6. The first-order chi connectivity index (χ1) is 7.99. The van der Waals surface area contributed by atoms with Gasteiger partial charge in [-0.1, -0.05) is 6.92 Å². The average molecular weight is 281 g/mol. The van der Waals surface area contributed by atoms with Gasteiger partial charge in [-0.2, -0.15) is 0 Å². The number of halogens is 1. The summed E-state index contributed by atoms with van der Waals surface area (Å²) in [4.78, 5) is 4.04. The maximum Gasteiger partial charge on any atom is 0.280 e. The predicted molar refractivity (Wildman–Crippen MR) is 65.8 cm³/mol. The number of ether oxygens (including phenoxy) is 1. The highest BCUT2D eigenvalue weighted by atomic mass is 35.7. The van der Waals surface area contributed by atoms with Crippen molar-refractivity contribution in [2.24, 2.45) is 0 Å². The smallest absolute Gasteiger partial charge is 0.280 e. The van der Waals surface area contributed by atoms with Gasteiger partial charge < -0.3 is 9.30 Å². The molecule has 1 rings (SSSR count). The molecule has 98 valence electrons. The minimum atomic E-state index is -3.75. The Labute approximate surface area is 106 Å². The molecule has 5 nitrogen and oxygen atoms in total. The number of rotatable bonds is 7. The highest BCUT2D eigenvalue weighted by molar-refractivity contribution is 8.13. The van der Waals surface area contributed by atoms with E-state index in [1.807, 2.05) is 13.8 Å². The molecule has 0 unspecified atom stereocenters. The van der Waals surface area contributed by atoms with E-state index in [2.05, 4.69) is 4.98 Å². The third-order valence-electron chi connectivity index (χ3n) is 2.24. The summed E-state index contributed by atoms with van der Waals surface area (Å²) in [6.45, 7) is 5.68. The zero-order chi connectivity index (χ0) is 12.9. The number of aryl methyl sites for hydroxylation is 1. The normalized spacial score (nSPS) is 11.9. The second kappa shape index (κ2) is 6.37. The fraction of sp³-hybridized carbons (Fsp3) is 0.700. The number of imidazole rings is 1. The van der Waals surface area contributed by atoms with Crippen LogP contribution >= 0.6 is 10.7 Å². The molecule has 0 fully saturated rings. The van der Waals surface area contributed by atoms with Crippen molar-refractivity contribution in [3.8, 4) is 0 Å². The van der Waals surface area contributed by atoms with Crippen molar-refractivity contribution in [3.05, 3.63) is 12.0 Å². The summed E-state index contributed by atoms with van der Waals surface area (Å²) in [6, 6.07) is 0. The van der Waals surface area contributed by atoms with Gasteiger partial charge in [-0.05, 0) is 13.3 Å². The Balaban J connectivity index is 2.89. The topological polar surface area (TPSA) is 61.2 Å². The van der Waals surface area contributed by atoms with Crippen LogP contribution in [0, 0.1) is 0 Å². The Bertz CT molecular complexity index is 456. The lowest BCUT2D eigenvalue weighted by atomic mass is 10.3. The van der Waals surface area contributed by atoms with Crippen LogP contribution in [-0.2, 0) is 26.8 Å². The Morgan fingerprint density at radius 3 is 2.71 bits per heavy atom. The quantitative estimate of drug-likeness (QED) is 0.564. The predicted octanol–water partition coefficient (Wildman–Crippen LogP) is 1.80. The fourth-order valence-corrected chi connectivity index (χ4v) is 2.16. The molecule has 0 spiro atoms. The third-order valence-corrected chi connectivity index (χ3v) is 3.41. The van der Waals surface area contributed by atoms with Gasteiger partial charge in [0.1, 0.15) is 5.82 Å². The van der Waals surface area contributed by atoms with E-state index in [0.717, 1.165) is 18.7 Å². The summed E-state index contributed by atoms with van der Waals surface area (Å²) >= 11 is 0. The monoisotopic (exact) mass is 280 g/mol. The van der Waals surface area contributed by atoms with Crippen LogP contribution in [0.15, 0.2) is 11.2 Å². The summed E-state index contributed by atoms with van der Waals surface area (Å²) in [7, 11) is 1.52. The summed E-state index contributed by atoms with van der Waals surface area (Å²) in [6.07, 6.45) is 3.08. The summed E-state index contributed by atoms with van der Waals surface area (Å²) in [5.41, 5.74) is 0. The molecule has 0 radical (unpaired) electrons. The zero-order valence-electron chi connectivity index (χ0n) is 10.0. The highest BCUT2D eigenvalue weighted by Gasteiger charge is 2.17. The van der Waals surface area contributed by atoms with Gasteiger partial charge in [0, 0.05) is 36.5 Å². The molecule has 1 aromatic rings. The minimum Gasteiger partial charge on any atom is -0.380 e. The van der Waals surface area contributed by atoms with Gasteiger partial charge in [-0.25, -0.2) is 13.4 Å². The van der Waals surface area contributed by atoms with E-state index < -0.39 is 9.05 Å². The lowest BCUT2D eigenvalue weighted by Gasteiger charge is -2.06. The molecule has 0 aliphatic carbocycles. The molecule has 0 atom stereocenters. The second-order valence-corrected chi connectivity index (χ2v) is 6.09. The van der Waals surface area contributed by atoms with Gasteiger partial charge >= 0.3 is 0 Å². The summed E-state index contributed by atoms with van der Waals surface area (Å²) in [5.74, 6) is 0.728. The molecule has 0 amide bonds. The molecule has 1 aromatic heterocycles. The van der Waals surface area contributed by atoms with Gasteiger partial charge in [-0.15, -0.1) is 0 Å². The van der Waals surface area contributed by atoms with Crippen LogP contribution in [0.4, 0.5) is 0 Å². The van der Waals surface area contributed by atoms with Gasteiger partial charge in [0.15, 0.2) is 5.03 Å². The number of hydrogen-bond acceptors (Lipinski definition) is 4. The molecule has 0 saturated heterocycles. The average Bonchev–Trinajstić information content (AvgIpc) is 2.62. The highest BCUT2D eigenvalue weighted by Crippen LogP contribution is 2.15. The van der Waals surface area contributed by atoms with Crippen LogP contribution < -0.4 is 0 Å². The lowest BCUT2D eigenvalue weighted by Crippen LogP contribution is -2.08. The largest absolute Gasteiger partial charge is 0.380 e. The number of aromatic nitrogens is 2. The van der Waals surface area contributed by atoms with Crippen molar-refractivity contribution in [2.45, 2.75) is 38.3 Å². The molecular weight excluding hydrogens is 264 g/mol. The Morgan fingerprint density at radius 2 is 2.18 bits per heavy atom. The van der Waals surface area contributed by atoms with E-state index in [1.165, 1.54) is 6.20 Å². The summed E-state index contributed by atoms with van der Waals surface area (Å²) in [5, 5.41) is -0.0842. The fourth-order valence-electron chi connectivity index (χ4n) is 1.47. The maximum atomic E-state index is 11.2. The molecule has 0 saturated carbocycles. The SMILES string of the molecule is CCCc1nc(S(=O)(=O)Cl)cn1CCOCC. The standard InChI is InChI=1S/C10H17ClN2O3S/c1-3-5-9-12-10(17(11,14)15)8-13(9)6-7-16-4-2/h8H,3-7H2,1-2H3. The first-order valence-electron chi connectivity index (χ1n) is 5.57. The van der Waals surface area contributed by atoms with Crippen molar-refractivity contribution < 1.29 is 13.2 Å². The van der Waals surface area contributed by atoms with Gasteiger partial charge in [-0.3, -0.25) is 0 Å². The molecule has 17 heavy (non-hydrogen) atoms. The maximum absolute atomic E-state index is 11.2. The molecule has 0 aromatic carbocycles. The van der Waals surface area contributed by atoms with Gasteiger partial charge in [0.25, 0.3) is 9.05 Å². The van der Waals surface area contributed by atoms with Crippen LogP contribution in [0.3, 0.4) is 0 Å². The summed E-state index contributed by atoms with van der Waals surface area (Å²) < 4.78 is 29.4. The first-order valence-corrected chi connectivity index (χ1v) is 7.88. The Kier molecular flexibility index (Phi) is 5.42. The van der Waals surface area contributed by atoms with Crippen LogP contribution in [-0.4, -0.2) is 31.2 Å². The van der Waals surface area contributed by atoms with E-state index in [-0.39, 0.29) is 5.03 Å². The Hall–Kier alpha value is -0.590. The third kappa shape index (κ3) is 4.29. The van der Waals surface area contributed by atoms with Gasteiger partial charge in [0.2, 0.25) is 0 Å². The van der Waals surface area contributed by atoms with E-state index in [4.69, 9.17) is 15.4 Å². The molecule has 0 N–H and O–H groups in total. The molecule has 7 heteroatoms. The Morgan fingerprint density at radius 1 is 1.47 bits per heavy atom. The van der Waals surface area contributed by atoms with Crippen molar-refractivity contribution in [3.63, 3.8) is 0 Å². The second-order valence-electron chi connectivity index (χ2n) is 3.57. The minimum absolute atomic E-state index is 0.0842. The van der Waals surface area contributed by atoms with Crippen molar-refractivity contribution in [1.82, 2.24) is 9.55 Å². The van der Waals surface area contributed by atoms with Crippen molar-refractivity contribution >= 4 is 19.7 Å². The molecule has 1 heterocycles. The van der Waals surface area contributed by atoms with E-state index in [0.29, 0.717) is 19.8 Å². The van der Waals surface area contributed by atoms with Crippen LogP contribution in [0.1, 0.15) is 26.1 Å². The first kappa shape index (κ1) is 14.5. The van der Waals surface area contributed by atoms with Crippen molar-refractivity contribution in [2.75, 3.05) is 13.2 Å². The molecule has 0 aliphatic heterocycles. The van der Waals surface area contributed by atoms with Crippen LogP contribution in [0.25, 0.3) is 0 Å². The number of hydrogen-bond donors (Lipinski definition) is 0. The van der Waals surface area contributed by atoms with E-state index in [1.54, 1.807) is 4.57 Å². The van der Waals surface area contributed by atoms with E-state index >= 15 is 0 Å².